The Bertz CT molecular complexity index is 779. The molecule has 2 rings (SSSR count). The Hall–Kier alpha value is -0.850. The maximum Gasteiger partial charge on any atom is 0.125 e. The second kappa shape index (κ2) is 10.6. The Balaban J connectivity index is 1.98. The lowest BCUT2D eigenvalue weighted by atomic mass is 9.68. The standard InChI is InChI=1S/C24H35Br2N3O/c1-23(2,3)18-11-17(22(29-30)21(12-18)24(4,5)6)15-28-8-7-27-14-16-9-19(25)13-20(26)10-16/h9,11-13,15-16,21-22,27H,7-8,10,14H2,1-6H3. The van der Waals surface area contributed by atoms with Crippen LogP contribution in [0.5, 0.6) is 0 Å². The van der Waals surface area contributed by atoms with E-state index in [2.05, 4.69) is 113 Å². The molecule has 3 unspecified atom stereocenters. The Morgan fingerprint density at radius 1 is 1.13 bits per heavy atom. The minimum atomic E-state index is -0.387. The molecule has 0 spiro atoms. The van der Waals surface area contributed by atoms with Gasteiger partial charge in [0.25, 0.3) is 0 Å². The number of nitroso groups, excluding NO2 is 1. The quantitative estimate of drug-likeness (QED) is 0.216. The number of allylic oxidation sites excluding steroid dienone is 5. The van der Waals surface area contributed by atoms with Crippen molar-refractivity contribution in [2.45, 2.75) is 54.0 Å². The Morgan fingerprint density at radius 3 is 2.40 bits per heavy atom. The largest absolute Gasteiger partial charge is 0.314 e. The van der Waals surface area contributed by atoms with E-state index in [1.54, 1.807) is 0 Å². The van der Waals surface area contributed by atoms with Crippen molar-refractivity contribution < 1.29 is 0 Å². The second-order valence-electron chi connectivity index (χ2n) is 10.3. The number of aliphatic imine (C=N–C) groups is 1. The monoisotopic (exact) mass is 539 g/mol. The summed E-state index contributed by atoms with van der Waals surface area (Å²) in [5, 5.41) is 6.98. The number of rotatable bonds is 7. The smallest absolute Gasteiger partial charge is 0.125 e. The highest BCUT2D eigenvalue weighted by atomic mass is 79.9. The van der Waals surface area contributed by atoms with E-state index in [1.165, 1.54) is 10.1 Å². The molecule has 0 aromatic carbocycles. The lowest BCUT2D eigenvalue weighted by Crippen LogP contribution is -2.34. The van der Waals surface area contributed by atoms with E-state index in [1.807, 2.05) is 6.21 Å². The van der Waals surface area contributed by atoms with Crippen LogP contribution in [0.2, 0.25) is 0 Å². The van der Waals surface area contributed by atoms with Crippen LogP contribution in [-0.4, -0.2) is 31.9 Å². The van der Waals surface area contributed by atoms with Crippen LogP contribution < -0.4 is 5.32 Å². The lowest BCUT2D eigenvalue weighted by Gasteiger charge is -2.37. The van der Waals surface area contributed by atoms with Crippen molar-refractivity contribution in [2.75, 3.05) is 19.6 Å². The molecule has 0 aromatic rings. The van der Waals surface area contributed by atoms with Crippen LogP contribution >= 0.6 is 31.9 Å². The molecule has 0 aliphatic heterocycles. The first kappa shape index (κ1) is 25.4. The first-order valence-electron chi connectivity index (χ1n) is 10.6. The summed E-state index contributed by atoms with van der Waals surface area (Å²) >= 11 is 7.15. The highest BCUT2D eigenvalue weighted by molar-refractivity contribution is 9.12. The minimum absolute atomic E-state index is 0.0164. The zero-order chi connectivity index (χ0) is 22.5. The summed E-state index contributed by atoms with van der Waals surface area (Å²) in [5.74, 6) is 0.538. The minimum Gasteiger partial charge on any atom is -0.314 e. The van der Waals surface area contributed by atoms with Crippen LogP contribution in [0.3, 0.4) is 0 Å². The molecule has 3 atom stereocenters. The molecule has 0 heterocycles. The van der Waals surface area contributed by atoms with E-state index in [0.717, 1.165) is 29.6 Å². The molecule has 0 radical (unpaired) electrons. The molecule has 1 N–H and O–H groups in total. The van der Waals surface area contributed by atoms with E-state index in [-0.39, 0.29) is 22.8 Å². The molecule has 30 heavy (non-hydrogen) atoms. The third kappa shape index (κ3) is 7.38. The van der Waals surface area contributed by atoms with Gasteiger partial charge in [-0.3, -0.25) is 4.99 Å². The maximum atomic E-state index is 11.7. The molecule has 166 valence electrons. The fraction of sp³-hybridized carbons (Fsp3) is 0.625. The Morgan fingerprint density at radius 2 is 1.83 bits per heavy atom. The normalized spacial score (nSPS) is 25.5. The van der Waals surface area contributed by atoms with Gasteiger partial charge < -0.3 is 5.32 Å². The molecule has 0 saturated heterocycles. The van der Waals surface area contributed by atoms with Gasteiger partial charge in [0.2, 0.25) is 0 Å². The molecule has 2 aliphatic carbocycles. The summed E-state index contributed by atoms with van der Waals surface area (Å²) in [6.45, 7) is 15.5. The molecule has 0 amide bonds. The number of hydrogen-bond acceptors (Lipinski definition) is 4. The molecule has 0 bridgehead atoms. The molecule has 0 saturated carbocycles. The van der Waals surface area contributed by atoms with Gasteiger partial charge >= 0.3 is 0 Å². The molecule has 6 heteroatoms. The van der Waals surface area contributed by atoms with Gasteiger partial charge in [-0.1, -0.05) is 96.8 Å². The fourth-order valence-electron chi connectivity index (χ4n) is 3.76. The topological polar surface area (TPSA) is 53.8 Å². The second-order valence-corrected chi connectivity index (χ2v) is 12.2. The van der Waals surface area contributed by atoms with E-state index >= 15 is 0 Å². The van der Waals surface area contributed by atoms with E-state index in [9.17, 15) is 4.91 Å². The number of nitrogens with one attached hydrogen (secondary N) is 1. The van der Waals surface area contributed by atoms with Crippen molar-refractivity contribution >= 4 is 38.1 Å². The zero-order valence-electron chi connectivity index (χ0n) is 19.0. The van der Waals surface area contributed by atoms with Gasteiger partial charge in [0.05, 0.1) is 6.54 Å². The SMILES string of the molecule is CC(C)(C)C1=CC(C(C)(C)C)C(N=O)C(C=NCCNCC2C=C(Br)C=C(Br)C2)=C1. The zero-order valence-corrected chi connectivity index (χ0v) is 22.2. The van der Waals surface area contributed by atoms with Gasteiger partial charge in [-0.2, -0.15) is 4.91 Å². The van der Waals surface area contributed by atoms with Crippen molar-refractivity contribution in [3.8, 4) is 0 Å². The van der Waals surface area contributed by atoms with Crippen molar-refractivity contribution in [1.29, 1.82) is 0 Å². The third-order valence-electron chi connectivity index (χ3n) is 5.55. The number of hydrogen-bond donors (Lipinski definition) is 1. The van der Waals surface area contributed by atoms with Crippen LogP contribution in [0.1, 0.15) is 48.0 Å². The van der Waals surface area contributed by atoms with Crippen LogP contribution in [0.25, 0.3) is 0 Å². The van der Waals surface area contributed by atoms with Crippen molar-refractivity contribution in [3.05, 3.63) is 49.3 Å². The molecule has 4 nitrogen and oxygen atoms in total. The summed E-state index contributed by atoms with van der Waals surface area (Å²) in [5.41, 5.74) is 2.14. The first-order chi connectivity index (χ1) is 13.9. The van der Waals surface area contributed by atoms with Gasteiger partial charge in [0.15, 0.2) is 0 Å². The molecular formula is C24H35Br2N3O. The Kier molecular flexibility index (Phi) is 9.02. The highest BCUT2D eigenvalue weighted by Crippen LogP contribution is 2.41. The third-order valence-corrected chi connectivity index (χ3v) is 6.60. The van der Waals surface area contributed by atoms with Crippen LogP contribution in [0, 0.1) is 27.6 Å². The molecule has 0 fully saturated rings. The summed E-state index contributed by atoms with van der Waals surface area (Å²) < 4.78 is 2.34. The lowest BCUT2D eigenvalue weighted by molar-refractivity contribution is 0.264. The average Bonchev–Trinajstić information content (AvgIpc) is 2.61. The predicted octanol–water partition coefficient (Wildman–Crippen LogP) is 6.93. The van der Waals surface area contributed by atoms with E-state index in [4.69, 9.17) is 0 Å². The van der Waals surface area contributed by atoms with E-state index < -0.39 is 0 Å². The summed E-state index contributed by atoms with van der Waals surface area (Å²) in [6.07, 6.45) is 11.6. The predicted molar refractivity (Wildman–Crippen MR) is 137 cm³/mol. The van der Waals surface area contributed by atoms with Crippen molar-refractivity contribution in [3.63, 3.8) is 0 Å². The molecule has 0 aromatic heterocycles. The molecular weight excluding hydrogens is 506 g/mol. The Labute approximate surface area is 198 Å². The number of nitrogens with zero attached hydrogens (tertiary/aromatic N) is 2. The molecule has 2 aliphatic rings. The highest BCUT2D eigenvalue weighted by Gasteiger charge is 2.37. The first-order valence-corrected chi connectivity index (χ1v) is 12.2. The van der Waals surface area contributed by atoms with Gasteiger partial charge in [0.1, 0.15) is 6.04 Å². The van der Waals surface area contributed by atoms with Gasteiger partial charge in [-0.25, -0.2) is 0 Å². The maximum absolute atomic E-state index is 11.7. The summed E-state index contributed by atoms with van der Waals surface area (Å²) in [6, 6.07) is -0.387. The van der Waals surface area contributed by atoms with Gasteiger partial charge in [-0.15, -0.1) is 0 Å². The van der Waals surface area contributed by atoms with Crippen molar-refractivity contribution in [1.82, 2.24) is 5.32 Å². The fourth-order valence-corrected chi connectivity index (χ4v) is 5.38. The van der Waals surface area contributed by atoms with Crippen LogP contribution in [0.4, 0.5) is 0 Å². The van der Waals surface area contributed by atoms with Crippen LogP contribution in [-0.2, 0) is 0 Å². The summed E-state index contributed by atoms with van der Waals surface area (Å²) in [4.78, 5) is 16.3. The van der Waals surface area contributed by atoms with E-state index in [0.29, 0.717) is 12.5 Å². The van der Waals surface area contributed by atoms with Crippen LogP contribution in [0.15, 0.2) is 54.6 Å². The summed E-state index contributed by atoms with van der Waals surface area (Å²) in [7, 11) is 0. The van der Waals surface area contributed by atoms with Crippen molar-refractivity contribution in [2.24, 2.45) is 32.8 Å². The average molecular weight is 541 g/mol. The van der Waals surface area contributed by atoms with Gasteiger partial charge in [0, 0.05) is 29.7 Å². The van der Waals surface area contributed by atoms with Gasteiger partial charge in [-0.05, 0) is 44.9 Å². The number of halogens is 2.